The van der Waals surface area contributed by atoms with Gasteiger partial charge < -0.3 is 4.74 Å². The van der Waals surface area contributed by atoms with Crippen molar-refractivity contribution in [1.82, 2.24) is 9.78 Å². The van der Waals surface area contributed by atoms with E-state index in [1.54, 1.807) is 11.6 Å². The average molecular weight is 211 g/mol. The molecule has 0 aromatic carbocycles. The van der Waals surface area contributed by atoms with Crippen LogP contribution in [0.3, 0.4) is 0 Å². The first-order chi connectivity index (χ1) is 7.18. The quantitative estimate of drug-likeness (QED) is 0.548. The predicted molar refractivity (Wildman–Crippen MR) is 52.7 cm³/mol. The number of nitro groups is 1. The molecule has 2 rings (SSSR count). The van der Waals surface area contributed by atoms with Crippen LogP contribution in [0.4, 0.5) is 5.69 Å². The van der Waals surface area contributed by atoms with E-state index in [1.807, 2.05) is 0 Å². The van der Waals surface area contributed by atoms with Gasteiger partial charge in [-0.1, -0.05) is 0 Å². The minimum atomic E-state index is -0.400. The van der Waals surface area contributed by atoms with Crippen molar-refractivity contribution >= 4 is 5.69 Å². The summed E-state index contributed by atoms with van der Waals surface area (Å²) in [5.74, 6) is 0. The van der Waals surface area contributed by atoms with Crippen LogP contribution in [0.5, 0.6) is 0 Å². The number of hydrogen-bond acceptors (Lipinski definition) is 4. The molecule has 0 radical (unpaired) electrons. The second-order valence-electron chi connectivity index (χ2n) is 3.71. The van der Waals surface area contributed by atoms with Crippen LogP contribution < -0.4 is 0 Å². The summed E-state index contributed by atoms with van der Waals surface area (Å²) in [6.45, 7) is 3.02. The van der Waals surface area contributed by atoms with Crippen molar-refractivity contribution in [3.63, 3.8) is 0 Å². The van der Waals surface area contributed by atoms with Crippen LogP contribution in [-0.2, 0) is 4.74 Å². The van der Waals surface area contributed by atoms with Crippen molar-refractivity contribution in [2.24, 2.45) is 0 Å². The third kappa shape index (κ3) is 1.99. The van der Waals surface area contributed by atoms with Gasteiger partial charge in [0.1, 0.15) is 11.9 Å². The lowest BCUT2D eigenvalue weighted by Gasteiger charge is -2.21. The molecule has 0 aliphatic carbocycles. The topological polar surface area (TPSA) is 70.2 Å². The molecule has 1 saturated heterocycles. The number of ether oxygens (including phenoxy) is 1. The summed E-state index contributed by atoms with van der Waals surface area (Å²) in [5, 5.41) is 14.8. The summed E-state index contributed by atoms with van der Waals surface area (Å²) in [6.07, 6.45) is 3.45. The van der Waals surface area contributed by atoms with E-state index in [1.165, 1.54) is 6.20 Å². The Morgan fingerprint density at radius 2 is 2.53 bits per heavy atom. The third-order valence-corrected chi connectivity index (χ3v) is 2.60. The van der Waals surface area contributed by atoms with Gasteiger partial charge in [0, 0.05) is 6.61 Å². The molecule has 15 heavy (non-hydrogen) atoms. The minimum absolute atomic E-state index is 0.0839. The molecule has 0 bridgehead atoms. The van der Waals surface area contributed by atoms with Gasteiger partial charge in [-0.3, -0.25) is 14.8 Å². The number of nitrogens with zero attached hydrogens (tertiary/aromatic N) is 3. The predicted octanol–water partition coefficient (Wildman–Crippen LogP) is 1.45. The van der Waals surface area contributed by atoms with Crippen molar-refractivity contribution in [3.8, 4) is 0 Å². The first-order valence-corrected chi connectivity index (χ1v) is 4.96. The molecule has 1 fully saturated rings. The fourth-order valence-electron chi connectivity index (χ4n) is 1.77. The van der Waals surface area contributed by atoms with Crippen LogP contribution in [0.15, 0.2) is 6.20 Å². The highest BCUT2D eigenvalue weighted by molar-refractivity contribution is 5.31. The number of rotatable bonds is 2. The molecule has 1 atom stereocenters. The fourth-order valence-corrected chi connectivity index (χ4v) is 1.77. The average Bonchev–Trinajstić information content (AvgIpc) is 2.62. The molecule has 1 aliphatic rings. The number of aromatic nitrogens is 2. The zero-order valence-electron chi connectivity index (χ0n) is 8.55. The molecule has 0 spiro atoms. The van der Waals surface area contributed by atoms with Gasteiger partial charge in [-0.05, 0) is 19.8 Å². The summed E-state index contributed by atoms with van der Waals surface area (Å²) in [4.78, 5) is 10.2. The van der Waals surface area contributed by atoms with E-state index in [4.69, 9.17) is 4.74 Å². The van der Waals surface area contributed by atoms with E-state index >= 15 is 0 Å². The Kier molecular flexibility index (Phi) is 2.68. The second kappa shape index (κ2) is 3.98. The molecular formula is C9H13N3O3. The second-order valence-corrected chi connectivity index (χ2v) is 3.71. The lowest BCUT2D eigenvalue weighted by atomic mass is 10.1. The van der Waals surface area contributed by atoms with Crippen LogP contribution >= 0.6 is 0 Å². The Bertz CT molecular complexity index is 369. The van der Waals surface area contributed by atoms with E-state index in [0.717, 1.165) is 19.4 Å². The lowest BCUT2D eigenvalue weighted by molar-refractivity contribution is -0.385. The third-order valence-electron chi connectivity index (χ3n) is 2.60. The van der Waals surface area contributed by atoms with Crippen molar-refractivity contribution in [3.05, 3.63) is 22.0 Å². The number of aryl methyl sites for hydroxylation is 1. The van der Waals surface area contributed by atoms with Crippen LogP contribution in [0.25, 0.3) is 0 Å². The molecule has 0 N–H and O–H groups in total. The zero-order valence-corrected chi connectivity index (χ0v) is 8.55. The van der Waals surface area contributed by atoms with Gasteiger partial charge in [-0.2, -0.15) is 5.10 Å². The smallest absolute Gasteiger partial charge is 0.309 e. The van der Waals surface area contributed by atoms with Crippen LogP contribution in [0.2, 0.25) is 0 Å². The van der Waals surface area contributed by atoms with E-state index in [9.17, 15) is 10.1 Å². The largest absolute Gasteiger partial charge is 0.379 e. The van der Waals surface area contributed by atoms with Crippen molar-refractivity contribution < 1.29 is 9.66 Å². The maximum Gasteiger partial charge on any atom is 0.309 e. The summed E-state index contributed by atoms with van der Waals surface area (Å²) < 4.78 is 6.97. The van der Waals surface area contributed by atoms with Gasteiger partial charge in [0.15, 0.2) is 0 Å². The molecule has 6 heteroatoms. The summed E-state index contributed by atoms with van der Waals surface area (Å²) in [6, 6.07) is 0.145. The van der Waals surface area contributed by atoms with Gasteiger partial charge in [0.05, 0.1) is 17.6 Å². The molecule has 1 aromatic rings. The Morgan fingerprint density at radius 3 is 3.07 bits per heavy atom. The fraction of sp³-hybridized carbons (Fsp3) is 0.667. The first-order valence-electron chi connectivity index (χ1n) is 4.96. The van der Waals surface area contributed by atoms with Crippen molar-refractivity contribution in [1.29, 1.82) is 0 Å². The van der Waals surface area contributed by atoms with Crippen LogP contribution in [-0.4, -0.2) is 27.9 Å². The van der Waals surface area contributed by atoms with E-state index in [2.05, 4.69) is 5.10 Å². The molecule has 2 heterocycles. The van der Waals surface area contributed by atoms with Gasteiger partial charge >= 0.3 is 5.69 Å². The highest BCUT2D eigenvalue weighted by Crippen LogP contribution is 2.23. The van der Waals surface area contributed by atoms with E-state index in [-0.39, 0.29) is 11.7 Å². The molecule has 0 saturated carbocycles. The van der Waals surface area contributed by atoms with Gasteiger partial charge in [0.25, 0.3) is 0 Å². The van der Waals surface area contributed by atoms with Gasteiger partial charge in [-0.25, -0.2) is 0 Å². The normalized spacial score (nSPS) is 21.5. The monoisotopic (exact) mass is 211 g/mol. The van der Waals surface area contributed by atoms with Crippen molar-refractivity contribution in [2.75, 3.05) is 13.2 Å². The Hall–Kier alpha value is -1.43. The first kappa shape index (κ1) is 10.1. The molecular weight excluding hydrogens is 198 g/mol. The molecule has 1 aliphatic heterocycles. The Labute approximate surface area is 87.0 Å². The van der Waals surface area contributed by atoms with Crippen molar-refractivity contribution in [2.45, 2.75) is 25.8 Å². The molecule has 6 nitrogen and oxygen atoms in total. The Morgan fingerprint density at radius 1 is 1.73 bits per heavy atom. The SMILES string of the molecule is Cc1nn(C2CCCOC2)cc1[N+](=O)[O-]. The van der Waals surface area contributed by atoms with Gasteiger partial charge in [-0.15, -0.1) is 0 Å². The van der Waals surface area contributed by atoms with Crippen LogP contribution in [0.1, 0.15) is 24.6 Å². The maximum absolute atomic E-state index is 10.6. The summed E-state index contributed by atoms with van der Waals surface area (Å²) in [7, 11) is 0. The van der Waals surface area contributed by atoms with Crippen LogP contribution in [0, 0.1) is 17.0 Å². The van der Waals surface area contributed by atoms with E-state index in [0.29, 0.717) is 12.3 Å². The molecule has 0 amide bonds. The zero-order chi connectivity index (χ0) is 10.8. The summed E-state index contributed by atoms with van der Waals surface area (Å²) >= 11 is 0. The minimum Gasteiger partial charge on any atom is -0.379 e. The maximum atomic E-state index is 10.6. The molecule has 1 aromatic heterocycles. The lowest BCUT2D eigenvalue weighted by Crippen LogP contribution is -2.21. The Balaban J connectivity index is 2.21. The standard InChI is InChI=1S/C9H13N3O3/c1-7-9(12(13)14)5-11(10-7)8-3-2-4-15-6-8/h5,8H,2-4,6H2,1H3. The highest BCUT2D eigenvalue weighted by Gasteiger charge is 2.22. The molecule has 82 valence electrons. The molecule has 1 unspecified atom stereocenters. The summed E-state index contributed by atoms with van der Waals surface area (Å²) in [5.41, 5.74) is 0.547. The van der Waals surface area contributed by atoms with E-state index < -0.39 is 4.92 Å². The van der Waals surface area contributed by atoms with Gasteiger partial charge in [0.2, 0.25) is 0 Å². The highest BCUT2D eigenvalue weighted by atomic mass is 16.6. The number of hydrogen-bond donors (Lipinski definition) is 0.